The number of unbranched alkanes of at least 4 members (excludes halogenated alkanes) is 1. The second kappa shape index (κ2) is 6.81. The van der Waals surface area contributed by atoms with Crippen molar-refractivity contribution >= 4 is 0 Å². The third kappa shape index (κ3) is 5.83. The summed E-state index contributed by atoms with van der Waals surface area (Å²) in [4.78, 5) is 0. The van der Waals surface area contributed by atoms with Gasteiger partial charge in [-0.25, -0.2) is 0 Å². The van der Waals surface area contributed by atoms with Crippen LogP contribution in [0.25, 0.3) is 0 Å². The molecular formula is C9H19N. The van der Waals surface area contributed by atoms with Crippen molar-refractivity contribution in [3.05, 3.63) is 12.2 Å². The molecule has 60 valence electrons. The zero-order valence-corrected chi connectivity index (χ0v) is 7.24. The van der Waals surface area contributed by atoms with Crippen LogP contribution in [0.3, 0.4) is 0 Å². The molecule has 0 fully saturated rings. The van der Waals surface area contributed by atoms with Crippen LogP contribution in [0.4, 0.5) is 0 Å². The SMILES string of the molecule is C=C(CC)CNCCCC. The Morgan fingerprint density at radius 1 is 1.40 bits per heavy atom. The summed E-state index contributed by atoms with van der Waals surface area (Å²) in [7, 11) is 0. The summed E-state index contributed by atoms with van der Waals surface area (Å²) in [5.74, 6) is 0. The van der Waals surface area contributed by atoms with Crippen molar-refractivity contribution in [2.24, 2.45) is 0 Å². The summed E-state index contributed by atoms with van der Waals surface area (Å²) in [6.45, 7) is 10.4. The van der Waals surface area contributed by atoms with Gasteiger partial charge in [0, 0.05) is 6.54 Å². The maximum Gasteiger partial charge on any atom is 0.0161 e. The molecule has 0 saturated heterocycles. The van der Waals surface area contributed by atoms with Gasteiger partial charge in [0.2, 0.25) is 0 Å². The normalized spacial score (nSPS) is 9.80. The first-order valence-corrected chi connectivity index (χ1v) is 4.18. The molecule has 0 aliphatic carbocycles. The molecule has 0 saturated carbocycles. The Labute approximate surface area is 64.5 Å². The molecule has 0 amide bonds. The van der Waals surface area contributed by atoms with E-state index in [1.807, 2.05) is 0 Å². The molecule has 0 aliphatic rings. The van der Waals surface area contributed by atoms with E-state index in [9.17, 15) is 0 Å². The fourth-order valence-electron chi connectivity index (χ4n) is 0.692. The first-order chi connectivity index (χ1) is 4.81. The Bertz CT molecular complexity index is 86.7. The minimum Gasteiger partial charge on any atom is -0.313 e. The van der Waals surface area contributed by atoms with E-state index in [4.69, 9.17) is 0 Å². The molecule has 0 aromatic heterocycles. The van der Waals surface area contributed by atoms with Crippen LogP contribution in [0.15, 0.2) is 12.2 Å². The molecule has 0 rings (SSSR count). The highest BCUT2D eigenvalue weighted by Crippen LogP contribution is 1.92. The predicted octanol–water partition coefficient (Wildman–Crippen LogP) is 2.34. The van der Waals surface area contributed by atoms with Gasteiger partial charge in [-0.2, -0.15) is 0 Å². The fourth-order valence-corrected chi connectivity index (χ4v) is 0.692. The van der Waals surface area contributed by atoms with E-state index in [2.05, 4.69) is 25.7 Å². The number of hydrogen-bond donors (Lipinski definition) is 1. The van der Waals surface area contributed by atoms with Gasteiger partial charge in [0.05, 0.1) is 0 Å². The van der Waals surface area contributed by atoms with Crippen molar-refractivity contribution in [2.45, 2.75) is 33.1 Å². The first-order valence-electron chi connectivity index (χ1n) is 4.18. The molecule has 0 aliphatic heterocycles. The van der Waals surface area contributed by atoms with Gasteiger partial charge in [0.25, 0.3) is 0 Å². The van der Waals surface area contributed by atoms with E-state index >= 15 is 0 Å². The van der Waals surface area contributed by atoms with Crippen LogP contribution >= 0.6 is 0 Å². The molecule has 0 aromatic rings. The highest BCUT2D eigenvalue weighted by atomic mass is 14.8. The lowest BCUT2D eigenvalue weighted by molar-refractivity contribution is 0.665. The summed E-state index contributed by atoms with van der Waals surface area (Å²) < 4.78 is 0. The zero-order valence-electron chi connectivity index (χ0n) is 7.24. The summed E-state index contributed by atoms with van der Waals surface area (Å²) in [5.41, 5.74) is 1.30. The average Bonchev–Trinajstić information content (AvgIpc) is 1.98. The largest absolute Gasteiger partial charge is 0.313 e. The van der Waals surface area contributed by atoms with Gasteiger partial charge in [0.1, 0.15) is 0 Å². The molecule has 0 spiro atoms. The predicted molar refractivity (Wildman–Crippen MR) is 47.2 cm³/mol. The van der Waals surface area contributed by atoms with Crippen molar-refractivity contribution in [1.29, 1.82) is 0 Å². The van der Waals surface area contributed by atoms with Gasteiger partial charge < -0.3 is 5.32 Å². The Morgan fingerprint density at radius 3 is 2.60 bits per heavy atom. The van der Waals surface area contributed by atoms with E-state index in [0.29, 0.717) is 0 Å². The van der Waals surface area contributed by atoms with Gasteiger partial charge >= 0.3 is 0 Å². The molecule has 0 bridgehead atoms. The van der Waals surface area contributed by atoms with E-state index in [0.717, 1.165) is 19.5 Å². The van der Waals surface area contributed by atoms with Crippen molar-refractivity contribution < 1.29 is 0 Å². The summed E-state index contributed by atoms with van der Waals surface area (Å²) in [6, 6.07) is 0. The maximum atomic E-state index is 3.91. The number of rotatable bonds is 6. The van der Waals surface area contributed by atoms with E-state index in [1.54, 1.807) is 0 Å². The summed E-state index contributed by atoms with van der Waals surface area (Å²) in [5, 5.41) is 3.34. The fraction of sp³-hybridized carbons (Fsp3) is 0.778. The van der Waals surface area contributed by atoms with Crippen molar-refractivity contribution in [1.82, 2.24) is 5.32 Å². The van der Waals surface area contributed by atoms with E-state index < -0.39 is 0 Å². The molecule has 0 radical (unpaired) electrons. The summed E-state index contributed by atoms with van der Waals surface area (Å²) in [6.07, 6.45) is 3.64. The van der Waals surface area contributed by atoms with Crippen LogP contribution in [0.1, 0.15) is 33.1 Å². The highest BCUT2D eigenvalue weighted by molar-refractivity contribution is 4.94. The topological polar surface area (TPSA) is 12.0 Å². The molecule has 0 aromatic carbocycles. The van der Waals surface area contributed by atoms with Gasteiger partial charge in [-0.15, -0.1) is 0 Å². The first kappa shape index (κ1) is 9.70. The second-order valence-electron chi connectivity index (χ2n) is 2.63. The highest BCUT2D eigenvalue weighted by Gasteiger charge is 1.88. The Hall–Kier alpha value is -0.300. The molecule has 10 heavy (non-hydrogen) atoms. The monoisotopic (exact) mass is 141 g/mol. The molecular weight excluding hydrogens is 122 g/mol. The lowest BCUT2D eigenvalue weighted by Gasteiger charge is -2.03. The van der Waals surface area contributed by atoms with Crippen LogP contribution in [0.5, 0.6) is 0 Å². The third-order valence-electron chi connectivity index (χ3n) is 1.58. The number of nitrogens with one attached hydrogen (secondary N) is 1. The van der Waals surface area contributed by atoms with E-state index in [-0.39, 0.29) is 0 Å². The lowest BCUT2D eigenvalue weighted by Crippen LogP contribution is -2.17. The van der Waals surface area contributed by atoms with Gasteiger partial charge in [-0.1, -0.05) is 32.4 Å². The molecule has 0 atom stereocenters. The Morgan fingerprint density at radius 2 is 2.10 bits per heavy atom. The van der Waals surface area contributed by atoms with Crippen LogP contribution in [0.2, 0.25) is 0 Å². The molecule has 0 unspecified atom stereocenters. The molecule has 1 nitrogen and oxygen atoms in total. The van der Waals surface area contributed by atoms with Gasteiger partial charge in [-0.3, -0.25) is 0 Å². The number of hydrogen-bond acceptors (Lipinski definition) is 1. The van der Waals surface area contributed by atoms with Crippen molar-refractivity contribution in [2.75, 3.05) is 13.1 Å². The quantitative estimate of drug-likeness (QED) is 0.442. The molecule has 1 N–H and O–H groups in total. The van der Waals surface area contributed by atoms with Gasteiger partial charge in [0.15, 0.2) is 0 Å². The standard InChI is InChI=1S/C9H19N/c1-4-6-7-10-8-9(3)5-2/h10H,3-8H2,1-2H3. The van der Waals surface area contributed by atoms with Crippen LogP contribution in [0, 0.1) is 0 Å². The Kier molecular flexibility index (Phi) is 6.61. The van der Waals surface area contributed by atoms with E-state index in [1.165, 1.54) is 18.4 Å². The van der Waals surface area contributed by atoms with Crippen LogP contribution in [-0.4, -0.2) is 13.1 Å². The lowest BCUT2D eigenvalue weighted by atomic mass is 10.2. The minimum absolute atomic E-state index is 0.997. The van der Waals surface area contributed by atoms with Crippen molar-refractivity contribution in [3.8, 4) is 0 Å². The zero-order chi connectivity index (χ0) is 7.82. The minimum atomic E-state index is 0.997. The Balaban J connectivity index is 2.96. The second-order valence-corrected chi connectivity index (χ2v) is 2.63. The van der Waals surface area contributed by atoms with Crippen molar-refractivity contribution in [3.63, 3.8) is 0 Å². The molecule has 0 heterocycles. The van der Waals surface area contributed by atoms with Crippen LogP contribution < -0.4 is 5.32 Å². The smallest absolute Gasteiger partial charge is 0.0161 e. The summed E-state index contributed by atoms with van der Waals surface area (Å²) >= 11 is 0. The van der Waals surface area contributed by atoms with Gasteiger partial charge in [-0.05, 0) is 19.4 Å². The third-order valence-corrected chi connectivity index (χ3v) is 1.58. The molecule has 1 heteroatoms. The maximum absolute atomic E-state index is 3.91. The average molecular weight is 141 g/mol. The van der Waals surface area contributed by atoms with Crippen LogP contribution in [-0.2, 0) is 0 Å².